The van der Waals surface area contributed by atoms with Gasteiger partial charge in [0.25, 0.3) is 0 Å². The molecule has 0 saturated heterocycles. The van der Waals surface area contributed by atoms with E-state index < -0.39 is 10.0 Å². The van der Waals surface area contributed by atoms with Crippen molar-refractivity contribution in [3.63, 3.8) is 0 Å². The van der Waals surface area contributed by atoms with Gasteiger partial charge in [-0.1, -0.05) is 72.4 Å². The van der Waals surface area contributed by atoms with Crippen molar-refractivity contribution in [1.29, 1.82) is 0 Å². The molecule has 0 saturated carbocycles. The summed E-state index contributed by atoms with van der Waals surface area (Å²) in [5, 5.41) is 10.1. The van der Waals surface area contributed by atoms with E-state index in [1.54, 1.807) is 11.8 Å². The van der Waals surface area contributed by atoms with Gasteiger partial charge in [-0.15, -0.1) is 11.8 Å². The Morgan fingerprint density at radius 1 is 1.04 bits per heavy atom. The van der Waals surface area contributed by atoms with Gasteiger partial charge in [0.2, 0.25) is 0 Å². The highest BCUT2D eigenvalue weighted by Gasteiger charge is 2.42. The first kappa shape index (κ1) is 16.0. The number of thioether (sulfide) groups is 2. The van der Waals surface area contributed by atoms with E-state index in [1.165, 1.54) is 18.9 Å². The second-order valence-corrected chi connectivity index (χ2v) is 7.68. The summed E-state index contributed by atoms with van der Waals surface area (Å²) >= 11 is 2.95. The average Bonchev–Trinajstić information content (AvgIpc) is 2.63. The van der Waals surface area contributed by atoms with Crippen molar-refractivity contribution in [2.24, 2.45) is 0 Å². The van der Waals surface area contributed by atoms with E-state index in [2.05, 4.69) is 0 Å². The highest BCUT2D eigenvalue weighted by Crippen LogP contribution is 2.58. The predicted octanol–water partition coefficient (Wildman–Crippen LogP) is 4.31. The smallest absolute Gasteiger partial charge is 0.347 e. The van der Waals surface area contributed by atoms with Crippen LogP contribution in [0.15, 0.2) is 71.3 Å². The van der Waals surface area contributed by atoms with Gasteiger partial charge in [0.1, 0.15) is 14.7 Å². The molecule has 23 heavy (non-hydrogen) atoms. The van der Waals surface area contributed by atoms with Crippen LogP contribution in [0.5, 0.6) is 0 Å². The molecule has 0 unspecified atom stereocenters. The molecule has 0 spiro atoms. The first-order valence-corrected chi connectivity index (χ1v) is 8.92. The maximum Gasteiger partial charge on any atom is 0.347 e. The topological polar surface area (TPSA) is 46.5 Å². The molecule has 1 N–H and O–H groups in total. The molecule has 1 aliphatic heterocycles. The van der Waals surface area contributed by atoms with Crippen molar-refractivity contribution in [2.45, 2.75) is 4.08 Å². The van der Waals surface area contributed by atoms with Crippen LogP contribution in [-0.4, -0.2) is 23.9 Å². The maximum absolute atomic E-state index is 12.1. The van der Waals surface area contributed by atoms with Gasteiger partial charge in [0.05, 0.1) is 12.9 Å². The predicted molar refractivity (Wildman–Crippen MR) is 95.4 cm³/mol. The minimum absolute atomic E-state index is 0.0781. The SMILES string of the molecule is COC(=O)C1=C(O)CSC(c2ccccc2)(c2ccccc2)S1. The molecule has 5 heteroatoms. The highest BCUT2D eigenvalue weighted by atomic mass is 32.2. The van der Waals surface area contributed by atoms with Crippen LogP contribution in [0.4, 0.5) is 0 Å². The molecule has 3 nitrogen and oxygen atoms in total. The van der Waals surface area contributed by atoms with Crippen molar-refractivity contribution in [3.05, 3.63) is 82.5 Å². The zero-order valence-electron chi connectivity index (χ0n) is 12.6. The second-order valence-electron chi connectivity index (χ2n) is 5.01. The lowest BCUT2D eigenvalue weighted by molar-refractivity contribution is -0.135. The van der Waals surface area contributed by atoms with Crippen LogP contribution in [0.25, 0.3) is 0 Å². The molecule has 2 aromatic rings. The second kappa shape index (κ2) is 6.72. The largest absolute Gasteiger partial charge is 0.510 e. The van der Waals surface area contributed by atoms with E-state index in [0.717, 1.165) is 11.1 Å². The molecule has 2 aromatic carbocycles. The van der Waals surface area contributed by atoms with E-state index in [-0.39, 0.29) is 10.7 Å². The lowest BCUT2D eigenvalue weighted by Crippen LogP contribution is -2.26. The third-order valence-electron chi connectivity index (χ3n) is 3.60. The molecule has 0 amide bonds. The van der Waals surface area contributed by atoms with Gasteiger partial charge < -0.3 is 9.84 Å². The standard InChI is InChI=1S/C18H16O3S2/c1-21-17(20)16-15(19)12-22-18(23-16,13-8-4-2-5-9-13)14-10-6-3-7-11-14/h2-11,19H,12H2,1H3. The summed E-state index contributed by atoms with van der Waals surface area (Å²) in [6.45, 7) is 0. The Labute approximate surface area is 143 Å². The number of carbonyl (C=O) groups excluding carboxylic acids is 1. The summed E-state index contributed by atoms with van der Waals surface area (Å²) in [5.74, 6) is -0.0558. The Morgan fingerprint density at radius 2 is 1.57 bits per heavy atom. The van der Waals surface area contributed by atoms with Crippen molar-refractivity contribution in [1.82, 2.24) is 0 Å². The Hall–Kier alpha value is -1.85. The van der Waals surface area contributed by atoms with Gasteiger partial charge in [-0.25, -0.2) is 4.79 Å². The lowest BCUT2D eigenvalue weighted by Gasteiger charge is -2.37. The Kier molecular flexibility index (Phi) is 4.68. The Morgan fingerprint density at radius 3 is 2.04 bits per heavy atom. The molecule has 0 fully saturated rings. The van der Waals surface area contributed by atoms with Crippen LogP contribution in [0, 0.1) is 0 Å². The average molecular weight is 344 g/mol. The minimum atomic E-state index is -0.496. The van der Waals surface area contributed by atoms with Crippen molar-refractivity contribution >= 4 is 29.5 Å². The number of rotatable bonds is 3. The molecule has 0 atom stereocenters. The van der Waals surface area contributed by atoms with Crippen LogP contribution < -0.4 is 0 Å². The first-order valence-electron chi connectivity index (χ1n) is 7.12. The van der Waals surface area contributed by atoms with Crippen molar-refractivity contribution < 1.29 is 14.6 Å². The zero-order chi connectivity index (χ0) is 16.3. The molecule has 0 aliphatic carbocycles. The fourth-order valence-electron chi connectivity index (χ4n) is 2.49. The van der Waals surface area contributed by atoms with Crippen LogP contribution in [0.3, 0.4) is 0 Å². The molecule has 0 bridgehead atoms. The maximum atomic E-state index is 12.1. The number of carbonyl (C=O) groups is 1. The molecule has 1 aliphatic rings. The molecule has 0 aromatic heterocycles. The summed E-state index contributed by atoms with van der Waals surface area (Å²) in [6, 6.07) is 20.1. The van der Waals surface area contributed by atoms with Crippen LogP contribution >= 0.6 is 23.5 Å². The molecule has 118 valence electrons. The molecular weight excluding hydrogens is 328 g/mol. The van der Waals surface area contributed by atoms with E-state index in [0.29, 0.717) is 5.75 Å². The number of benzene rings is 2. The van der Waals surface area contributed by atoms with Gasteiger partial charge >= 0.3 is 5.97 Å². The van der Waals surface area contributed by atoms with Crippen molar-refractivity contribution in [3.8, 4) is 0 Å². The first-order chi connectivity index (χ1) is 11.2. The minimum Gasteiger partial charge on any atom is -0.510 e. The number of hydrogen-bond acceptors (Lipinski definition) is 5. The number of esters is 1. The highest BCUT2D eigenvalue weighted by molar-refractivity contribution is 8.20. The van der Waals surface area contributed by atoms with E-state index in [9.17, 15) is 9.90 Å². The van der Waals surface area contributed by atoms with Crippen LogP contribution in [-0.2, 0) is 13.6 Å². The zero-order valence-corrected chi connectivity index (χ0v) is 14.2. The van der Waals surface area contributed by atoms with E-state index >= 15 is 0 Å². The van der Waals surface area contributed by atoms with Gasteiger partial charge in [-0.3, -0.25) is 0 Å². The van der Waals surface area contributed by atoms with Gasteiger partial charge in [-0.05, 0) is 11.1 Å². The fourth-order valence-corrected chi connectivity index (χ4v) is 5.48. The summed E-state index contributed by atoms with van der Waals surface area (Å²) in [5.41, 5.74) is 2.16. The number of ether oxygens (including phenoxy) is 1. The molecule has 1 heterocycles. The summed E-state index contributed by atoms with van der Waals surface area (Å²) in [4.78, 5) is 12.3. The molecule has 3 rings (SSSR count). The van der Waals surface area contributed by atoms with Gasteiger partial charge in [0, 0.05) is 0 Å². The quantitative estimate of drug-likeness (QED) is 0.841. The normalized spacial score (nSPS) is 16.9. The Balaban J connectivity index is 2.14. The monoisotopic (exact) mass is 344 g/mol. The summed E-state index contributed by atoms with van der Waals surface area (Å²) in [7, 11) is 1.33. The third-order valence-corrected chi connectivity index (χ3v) is 6.86. The summed E-state index contributed by atoms with van der Waals surface area (Å²) in [6.07, 6.45) is 0. The third kappa shape index (κ3) is 2.99. The number of aliphatic hydroxyl groups excluding tert-OH is 1. The fraction of sp³-hybridized carbons (Fsp3) is 0.167. The molecular formula is C18H16O3S2. The van der Waals surface area contributed by atoms with Gasteiger partial charge in [0.15, 0.2) is 0 Å². The van der Waals surface area contributed by atoms with E-state index in [1.807, 2.05) is 60.7 Å². The Bertz CT molecular complexity index is 687. The summed E-state index contributed by atoms with van der Waals surface area (Å²) < 4.78 is 4.35. The number of hydrogen-bond donors (Lipinski definition) is 1. The van der Waals surface area contributed by atoms with Crippen LogP contribution in [0.1, 0.15) is 11.1 Å². The lowest BCUT2D eigenvalue weighted by atomic mass is 10.0. The van der Waals surface area contributed by atoms with Crippen LogP contribution in [0.2, 0.25) is 0 Å². The molecule has 0 radical (unpaired) electrons. The number of methoxy groups -OCH3 is 1. The van der Waals surface area contributed by atoms with Crippen molar-refractivity contribution in [2.75, 3.05) is 12.9 Å². The number of aliphatic hydroxyl groups is 1. The van der Waals surface area contributed by atoms with Gasteiger partial charge in [-0.2, -0.15) is 0 Å². The van der Waals surface area contributed by atoms with E-state index in [4.69, 9.17) is 4.74 Å².